The van der Waals surface area contributed by atoms with Gasteiger partial charge in [0.15, 0.2) is 0 Å². The minimum atomic E-state index is -0.246. The van der Waals surface area contributed by atoms with Crippen LogP contribution in [0.3, 0.4) is 0 Å². The average Bonchev–Trinajstić information content (AvgIpc) is 2.28. The van der Waals surface area contributed by atoms with E-state index in [2.05, 4.69) is 0 Å². The lowest BCUT2D eigenvalue weighted by Crippen LogP contribution is -2.61. The molecule has 3 saturated heterocycles. The molecule has 0 radical (unpaired) electrons. The van der Waals surface area contributed by atoms with Crippen molar-refractivity contribution < 1.29 is 14.3 Å². The molecule has 3 aliphatic rings. The van der Waals surface area contributed by atoms with E-state index >= 15 is 0 Å². The second kappa shape index (κ2) is 3.42. The quantitative estimate of drug-likeness (QED) is 0.694. The topological polar surface area (TPSA) is 46.6 Å². The monoisotopic (exact) mass is 217 g/mol. The molecule has 3 aliphatic heterocycles. The fraction of sp³-hybridized carbons (Fsp3) is 0.333. The molecule has 1 aromatic rings. The number of nitrogens with zero attached hydrogens (tertiary/aromatic N) is 1. The standard InChI is InChI=1S/C12H11NO3/c14-7-8-1-3-9(4-2-8)13-6-10-5-11(16-10)12(13)15/h1-4,7,10-11H,5-6H2. The minimum Gasteiger partial charge on any atom is -0.363 e. The van der Waals surface area contributed by atoms with Crippen LogP contribution in [0.5, 0.6) is 0 Å². The van der Waals surface area contributed by atoms with E-state index in [1.165, 1.54) is 0 Å². The first-order chi connectivity index (χ1) is 7.78. The lowest BCUT2D eigenvalue weighted by atomic mass is 9.97. The van der Waals surface area contributed by atoms with Crippen LogP contribution >= 0.6 is 0 Å². The van der Waals surface area contributed by atoms with E-state index in [0.29, 0.717) is 12.1 Å². The number of amides is 1. The molecule has 4 rings (SSSR count). The van der Waals surface area contributed by atoms with Gasteiger partial charge in [-0.05, 0) is 24.3 Å². The van der Waals surface area contributed by atoms with Crippen LogP contribution in [-0.2, 0) is 9.53 Å². The van der Waals surface area contributed by atoms with Crippen molar-refractivity contribution in [2.45, 2.75) is 18.6 Å². The van der Waals surface area contributed by atoms with Crippen LogP contribution in [0.15, 0.2) is 24.3 Å². The summed E-state index contributed by atoms with van der Waals surface area (Å²) in [5, 5.41) is 0. The Morgan fingerprint density at radius 3 is 2.56 bits per heavy atom. The zero-order valence-corrected chi connectivity index (χ0v) is 8.63. The summed E-state index contributed by atoms with van der Waals surface area (Å²) < 4.78 is 5.34. The summed E-state index contributed by atoms with van der Waals surface area (Å²) in [6, 6.07) is 7.03. The van der Waals surface area contributed by atoms with Gasteiger partial charge < -0.3 is 9.64 Å². The highest BCUT2D eigenvalue weighted by molar-refractivity contribution is 5.98. The number of morpholine rings is 1. The number of hydrogen-bond donors (Lipinski definition) is 0. The van der Waals surface area contributed by atoms with Gasteiger partial charge in [-0.2, -0.15) is 0 Å². The summed E-state index contributed by atoms with van der Waals surface area (Å²) in [5.41, 5.74) is 1.46. The van der Waals surface area contributed by atoms with E-state index in [4.69, 9.17) is 4.74 Å². The maximum atomic E-state index is 11.8. The van der Waals surface area contributed by atoms with Crippen molar-refractivity contribution >= 4 is 17.9 Å². The lowest BCUT2D eigenvalue weighted by molar-refractivity contribution is -0.169. The fourth-order valence-corrected chi connectivity index (χ4v) is 2.17. The number of carbonyl (C=O) groups excluding carboxylic acids is 2. The zero-order valence-electron chi connectivity index (χ0n) is 8.63. The van der Waals surface area contributed by atoms with Gasteiger partial charge in [-0.25, -0.2) is 0 Å². The molecule has 1 aromatic carbocycles. The SMILES string of the molecule is O=Cc1ccc(N2CC3CC(O3)C2=O)cc1. The molecule has 0 spiro atoms. The zero-order chi connectivity index (χ0) is 11.1. The highest BCUT2D eigenvalue weighted by Gasteiger charge is 2.45. The van der Waals surface area contributed by atoms with Crippen LogP contribution in [0.4, 0.5) is 5.69 Å². The molecule has 82 valence electrons. The number of hydrogen-bond acceptors (Lipinski definition) is 3. The van der Waals surface area contributed by atoms with Crippen LogP contribution in [0.25, 0.3) is 0 Å². The summed E-state index contributed by atoms with van der Waals surface area (Å²) in [4.78, 5) is 24.1. The molecular formula is C12H11NO3. The molecular weight excluding hydrogens is 206 g/mol. The molecule has 2 unspecified atom stereocenters. The van der Waals surface area contributed by atoms with Gasteiger partial charge in [-0.3, -0.25) is 9.59 Å². The van der Waals surface area contributed by atoms with Crippen molar-refractivity contribution in [1.29, 1.82) is 0 Å². The Balaban J connectivity index is 1.86. The van der Waals surface area contributed by atoms with Crippen molar-refractivity contribution in [1.82, 2.24) is 0 Å². The highest BCUT2D eigenvalue weighted by Crippen LogP contribution is 2.32. The van der Waals surface area contributed by atoms with Crippen LogP contribution in [0, 0.1) is 0 Å². The largest absolute Gasteiger partial charge is 0.363 e. The van der Waals surface area contributed by atoms with E-state index < -0.39 is 0 Å². The van der Waals surface area contributed by atoms with Crippen molar-refractivity contribution in [2.24, 2.45) is 0 Å². The van der Waals surface area contributed by atoms with Gasteiger partial charge in [0.2, 0.25) is 0 Å². The van der Waals surface area contributed by atoms with Gasteiger partial charge in [-0.15, -0.1) is 0 Å². The molecule has 3 fully saturated rings. The van der Waals surface area contributed by atoms with Crippen molar-refractivity contribution in [3.8, 4) is 0 Å². The van der Waals surface area contributed by atoms with Crippen molar-refractivity contribution in [3.63, 3.8) is 0 Å². The number of fused-ring (bicyclic) bond motifs is 2. The third-order valence-electron chi connectivity index (χ3n) is 3.10. The molecule has 0 aromatic heterocycles. The second-order valence-electron chi connectivity index (χ2n) is 4.14. The molecule has 0 saturated carbocycles. The Labute approximate surface area is 92.8 Å². The van der Waals surface area contributed by atoms with Gasteiger partial charge in [0.25, 0.3) is 5.91 Å². The third kappa shape index (κ3) is 1.34. The molecule has 16 heavy (non-hydrogen) atoms. The van der Waals surface area contributed by atoms with E-state index in [1.807, 2.05) is 0 Å². The first-order valence-corrected chi connectivity index (χ1v) is 5.30. The summed E-state index contributed by atoms with van der Waals surface area (Å²) in [6.07, 6.45) is 1.59. The second-order valence-corrected chi connectivity index (χ2v) is 4.14. The van der Waals surface area contributed by atoms with Gasteiger partial charge in [0.1, 0.15) is 12.4 Å². The maximum Gasteiger partial charge on any atom is 0.256 e. The van der Waals surface area contributed by atoms with Gasteiger partial charge >= 0.3 is 0 Å². The smallest absolute Gasteiger partial charge is 0.256 e. The molecule has 2 atom stereocenters. The van der Waals surface area contributed by atoms with E-state index in [0.717, 1.165) is 18.4 Å². The summed E-state index contributed by atoms with van der Waals surface area (Å²) in [7, 11) is 0. The predicted octanol–water partition coefficient (Wildman–Crippen LogP) is 1.00. The number of carbonyl (C=O) groups is 2. The summed E-state index contributed by atoms with van der Waals surface area (Å²) in [6.45, 7) is 0.621. The molecule has 3 heterocycles. The number of ether oxygens (including phenoxy) is 1. The summed E-state index contributed by atoms with van der Waals surface area (Å²) in [5.74, 6) is 0.0290. The Hall–Kier alpha value is -1.68. The Kier molecular flexibility index (Phi) is 2.04. The molecule has 1 amide bonds. The molecule has 0 N–H and O–H groups in total. The number of benzene rings is 1. The van der Waals surface area contributed by atoms with Crippen LogP contribution in [-0.4, -0.2) is 30.9 Å². The van der Waals surface area contributed by atoms with Crippen molar-refractivity contribution in [3.05, 3.63) is 29.8 Å². The minimum absolute atomic E-state index is 0.0290. The molecule has 2 bridgehead atoms. The Bertz CT molecular complexity index is 434. The van der Waals surface area contributed by atoms with Crippen LogP contribution < -0.4 is 4.90 Å². The first-order valence-electron chi connectivity index (χ1n) is 5.30. The summed E-state index contributed by atoms with van der Waals surface area (Å²) >= 11 is 0. The van der Waals surface area contributed by atoms with Gasteiger partial charge in [0, 0.05) is 17.7 Å². The van der Waals surface area contributed by atoms with E-state index in [1.54, 1.807) is 29.2 Å². The number of aldehydes is 1. The van der Waals surface area contributed by atoms with Gasteiger partial charge in [-0.1, -0.05) is 0 Å². The van der Waals surface area contributed by atoms with E-state index in [-0.39, 0.29) is 18.1 Å². The molecule has 4 nitrogen and oxygen atoms in total. The highest BCUT2D eigenvalue weighted by atomic mass is 16.5. The number of anilines is 1. The average molecular weight is 217 g/mol. The Morgan fingerprint density at radius 1 is 1.31 bits per heavy atom. The first kappa shape index (κ1) is 9.54. The number of piperidine rings is 1. The molecule has 4 heteroatoms. The normalized spacial score (nSPS) is 27.5. The fourth-order valence-electron chi connectivity index (χ4n) is 2.17. The Morgan fingerprint density at radius 2 is 2.00 bits per heavy atom. The van der Waals surface area contributed by atoms with E-state index in [9.17, 15) is 9.59 Å². The molecule has 0 aliphatic carbocycles. The maximum absolute atomic E-state index is 11.8. The van der Waals surface area contributed by atoms with Crippen LogP contribution in [0.1, 0.15) is 16.8 Å². The number of rotatable bonds is 2. The third-order valence-corrected chi connectivity index (χ3v) is 3.10. The lowest BCUT2D eigenvalue weighted by Gasteiger charge is -2.45. The van der Waals surface area contributed by atoms with Gasteiger partial charge in [0.05, 0.1) is 12.6 Å². The van der Waals surface area contributed by atoms with Crippen molar-refractivity contribution in [2.75, 3.05) is 11.4 Å². The van der Waals surface area contributed by atoms with Crippen LogP contribution in [0.2, 0.25) is 0 Å². The predicted molar refractivity (Wildman–Crippen MR) is 57.5 cm³/mol.